The van der Waals surface area contributed by atoms with Crippen LogP contribution in [0.4, 0.5) is 17.5 Å². The third-order valence-electron chi connectivity index (χ3n) is 6.94. The standard InChI is InChI=1S/C27H30ClN7O3/c28-20-2-4-21(5-3-20)29-25-18-22(30-26(32-25)34-11-15-38-16-12-34)19-1-6-24-23(17-19)31-27(36)35(24)8-7-33-9-13-37-14-10-33/h1-6,17-18H,7-16H2,(H,31,36)(H,29,30,32). The summed E-state index contributed by atoms with van der Waals surface area (Å²) < 4.78 is 12.8. The molecule has 2 aliphatic heterocycles. The molecule has 0 spiro atoms. The minimum absolute atomic E-state index is 0.104. The van der Waals surface area contributed by atoms with Crippen LogP contribution in [-0.4, -0.2) is 83.6 Å². The molecule has 2 aromatic carbocycles. The maximum absolute atomic E-state index is 12.8. The van der Waals surface area contributed by atoms with E-state index in [1.54, 1.807) is 4.57 Å². The Morgan fingerprint density at radius 3 is 2.39 bits per heavy atom. The van der Waals surface area contributed by atoms with Crippen molar-refractivity contribution < 1.29 is 9.47 Å². The van der Waals surface area contributed by atoms with Crippen molar-refractivity contribution in [2.45, 2.75) is 6.54 Å². The number of rotatable bonds is 7. The molecule has 2 aromatic heterocycles. The molecule has 38 heavy (non-hydrogen) atoms. The van der Waals surface area contributed by atoms with Gasteiger partial charge in [-0.15, -0.1) is 0 Å². The molecule has 2 saturated heterocycles. The first kappa shape index (κ1) is 24.9. The molecule has 2 fully saturated rings. The number of morpholine rings is 2. The van der Waals surface area contributed by atoms with Crippen LogP contribution in [0.2, 0.25) is 5.02 Å². The molecule has 0 bridgehead atoms. The molecular weight excluding hydrogens is 506 g/mol. The summed E-state index contributed by atoms with van der Waals surface area (Å²) in [5, 5.41) is 4.05. The second-order valence-electron chi connectivity index (χ2n) is 9.44. The van der Waals surface area contributed by atoms with E-state index in [9.17, 15) is 4.79 Å². The molecule has 0 atom stereocenters. The predicted octanol–water partition coefficient (Wildman–Crippen LogP) is 3.35. The van der Waals surface area contributed by atoms with Crippen molar-refractivity contribution in [2.75, 3.05) is 69.4 Å². The summed E-state index contributed by atoms with van der Waals surface area (Å²) in [7, 11) is 0. The molecule has 11 heteroatoms. The number of H-pyrrole nitrogens is 1. The Kier molecular flexibility index (Phi) is 7.28. The molecule has 2 aliphatic rings. The summed E-state index contributed by atoms with van der Waals surface area (Å²) in [6, 6.07) is 15.4. The molecule has 6 rings (SSSR count). The fourth-order valence-corrected chi connectivity index (χ4v) is 4.97. The molecule has 0 aliphatic carbocycles. The van der Waals surface area contributed by atoms with E-state index in [4.69, 9.17) is 31.0 Å². The number of benzene rings is 2. The third kappa shape index (κ3) is 5.53. The number of aromatic nitrogens is 4. The molecule has 0 amide bonds. The van der Waals surface area contributed by atoms with Crippen LogP contribution in [-0.2, 0) is 16.0 Å². The van der Waals surface area contributed by atoms with Crippen LogP contribution >= 0.6 is 11.6 Å². The summed E-state index contributed by atoms with van der Waals surface area (Å²) in [6.45, 7) is 7.44. The van der Waals surface area contributed by atoms with E-state index in [1.807, 2.05) is 48.5 Å². The van der Waals surface area contributed by atoms with Gasteiger partial charge in [0.15, 0.2) is 0 Å². The van der Waals surface area contributed by atoms with Crippen LogP contribution in [0.15, 0.2) is 53.3 Å². The molecule has 10 nitrogen and oxygen atoms in total. The number of imidazole rings is 1. The molecule has 2 N–H and O–H groups in total. The van der Waals surface area contributed by atoms with Crippen LogP contribution < -0.4 is 15.9 Å². The van der Waals surface area contributed by atoms with E-state index in [0.29, 0.717) is 36.5 Å². The van der Waals surface area contributed by atoms with Crippen LogP contribution in [0.1, 0.15) is 0 Å². The highest BCUT2D eigenvalue weighted by molar-refractivity contribution is 6.30. The Morgan fingerprint density at radius 1 is 0.895 bits per heavy atom. The summed E-state index contributed by atoms with van der Waals surface area (Å²) in [4.78, 5) is 30.0. The molecule has 0 unspecified atom stereocenters. The maximum atomic E-state index is 12.8. The molecular formula is C27H30ClN7O3. The van der Waals surface area contributed by atoms with Crippen molar-refractivity contribution in [1.29, 1.82) is 0 Å². The monoisotopic (exact) mass is 535 g/mol. The van der Waals surface area contributed by atoms with E-state index in [2.05, 4.69) is 20.1 Å². The quantitative estimate of drug-likeness (QED) is 0.371. The van der Waals surface area contributed by atoms with Gasteiger partial charge in [-0.1, -0.05) is 17.7 Å². The molecule has 0 saturated carbocycles. The van der Waals surface area contributed by atoms with Crippen molar-refractivity contribution >= 4 is 40.1 Å². The van der Waals surface area contributed by atoms with E-state index in [0.717, 1.165) is 73.9 Å². The third-order valence-corrected chi connectivity index (χ3v) is 7.19. The Morgan fingerprint density at radius 2 is 1.63 bits per heavy atom. The predicted molar refractivity (Wildman–Crippen MR) is 149 cm³/mol. The Hall–Kier alpha value is -3.44. The number of nitrogens with one attached hydrogen (secondary N) is 2. The van der Waals surface area contributed by atoms with Crippen molar-refractivity contribution in [3.05, 3.63) is 64.0 Å². The van der Waals surface area contributed by atoms with Gasteiger partial charge in [0.05, 0.1) is 43.2 Å². The van der Waals surface area contributed by atoms with Gasteiger partial charge in [0.2, 0.25) is 5.95 Å². The van der Waals surface area contributed by atoms with Gasteiger partial charge in [0.1, 0.15) is 5.82 Å². The zero-order chi connectivity index (χ0) is 25.9. The maximum Gasteiger partial charge on any atom is 0.326 e. The summed E-state index contributed by atoms with van der Waals surface area (Å²) in [5.74, 6) is 1.31. The SMILES string of the molecule is O=c1[nH]c2cc(-c3cc(Nc4ccc(Cl)cc4)nc(N4CCOCC4)n3)ccc2n1CCN1CCOCC1. The first-order chi connectivity index (χ1) is 18.6. The second-order valence-corrected chi connectivity index (χ2v) is 9.87. The normalized spacial score (nSPS) is 16.7. The van der Waals surface area contributed by atoms with Gasteiger partial charge >= 0.3 is 5.69 Å². The second kappa shape index (κ2) is 11.1. The minimum atomic E-state index is -0.104. The smallest absolute Gasteiger partial charge is 0.326 e. The number of anilines is 3. The lowest BCUT2D eigenvalue weighted by molar-refractivity contribution is 0.0364. The fourth-order valence-electron chi connectivity index (χ4n) is 4.84. The Balaban J connectivity index is 1.31. The number of nitrogens with zero attached hydrogens (tertiary/aromatic N) is 5. The van der Waals surface area contributed by atoms with Gasteiger partial charge in [0, 0.05) is 61.6 Å². The summed E-state index contributed by atoms with van der Waals surface area (Å²) in [6.07, 6.45) is 0. The molecule has 4 heterocycles. The van der Waals surface area contributed by atoms with Gasteiger partial charge in [-0.3, -0.25) is 9.47 Å². The van der Waals surface area contributed by atoms with Crippen LogP contribution in [0.5, 0.6) is 0 Å². The number of fused-ring (bicyclic) bond motifs is 1. The summed E-state index contributed by atoms with van der Waals surface area (Å²) in [5.41, 5.74) is 4.11. The topological polar surface area (TPSA) is 101 Å². The lowest BCUT2D eigenvalue weighted by Crippen LogP contribution is -2.39. The first-order valence-corrected chi connectivity index (χ1v) is 13.3. The molecule has 4 aromatic rings. The summed E-state index contributed by atoms with van der Waals surface area (Å²) >= 11 is 6.06. The van der Waals surface area contributed by atoms with Crippen LogP contribution in [0.25, 0.3) is 22.3 Å². The number of ether oxygens (including phenoxy) is 2. The number of halogens is 1. The fraction of sp³-hybridized carbons (Fsp3) is 0.370. The van der Waals surface area contributed by atoms with Crippen molar-refractivity contribution in [2.24, 2.45) is 0 Å². The molecule has 0 radical (unpaired) electrons. The number of aromatic amines is 1. The van der Waals surface area contributed by atoms with Gasteiger partial charge in [-0.2, -0.15) is 4.98 Å². The van der Waals surface area contributed by atoms with Gasteiger partial charge < -0.3 is 24.7 Å². The van der Waals surface area contributed by atoms with E-state index < -0.39 is 0 Å². The first-order valence-electron chi connectivity index (χ1n) is 12.9. The highest BCUT2D eigenvalue weighted by Gasteiger charge is 2.18. The zero-order valence-corrected chi connectivity index (χ0v) is 21.8. The zero-order valence-electron chi connectivity index (χ0n) is 21.0. The van der Waals surface area contributed by atoms with Gasteiger partial charge in [0.25, 0.3) is 0 Å². The van der Waals surface area contributed by atoms with E-state index in [1.165, 1.54) is 0 Å². The van der Waals surface area contributed by atoms with E-state index in [-0.39, 0.29) is 5.69 Å². The lowest BCUT2D eigenvalue weighted by atomic mass is 10.1. The van der Waals surface area contributed by atoms with Gasteiger partial charge in [-0.05, 0) is 36.4 Å². The van der Waals surface area contributed by atoms with Crippen molar-refractivity contribution in [3.8, 4) is 11.3 Å². The Labute approximate surface area is 225 Å². The lowest BCUT2D eigenvalue weighted by Gasteiger charge is -2.27. The Bertz CT molecular complexity index is 1460. The minimum Gasteiger partial charge on any atom is -0.379 e. The van der Waals surface area contributed by atoms with Crippen LogP contribution in [0.3, 0.4) is 0 Å². The van der Waals surface area contributed by atoms with Crippen molar-refractivity contribution in [3.63, 3.8) is 0 Å². The number of hydrogen-bond acceptors (Lipinski definition) is 8. The average Bonchev–Trinajstić information content (AvgIpc) is 3.28. The van der Waals surface area contributed by atoms with E-state index >= 15 is 0 Å². The highest BCUT2D eigenvalue weighted by atomic mass is 35.5. The number of hydrogen-bond donors (Lipinski definition) is 2. The highest BCUT2D eigenvalue weighted by Crippen LogP contribution is 2.28. The average molecular weight is 536 g/mol. The molecule has 198 valence electrons. The largest absolute Gasteiger partial charge is 0.379 e. The van der Waals surface area contributed by atoms with Crippen molar-refractivity contribution in [1.82, 2.24) is 24.4 Å². The van der Waals surface area contributed by atoms with Crippen LogP contribution in [0, 0.1) is 0 Å². The van der Waals surface area contributed by atoms with Gasteiger partial charge in [-0.25, -0.2) is 9.78 Å².